The van der Waals surface area contributed by atoms with Gasteiger partial charge in [-0.25, -0.2) is 9.18 Å². The number of esters is 2. The number of nitrogens with zero attached hydrogens (tertiary/aromatic N) is 1. The Morgan fingerprint density at radius 2 is 1.44 bits per heavy atom. The Labute approximate surface area is 275 Å². The molecule has 1 unspecified atom stereocenters. The molecule has 0 saturated heterocycles. The van der Waals surface area contributed by atoms with Crippen molar-refractivity contribution in [3.8, 4) is 11.1 Å². The molecule has 48 heavy (non-hydrogen) atoms. The molecule has 4 aromatic rings. The highest BCUT2D eigenvalue weighted by molar-refractivity contribution is 6.02. The van der Waals surface area contributed by atoms with E-state index < -0.39 is 48.4 Å². The van der Waals surface area contributed by atoms with E-state index in [9.17, 15) is 28.4 Å². The van der Waals surface area contributed by atoms with Gasteiger partial charge in [0.2, 0.25) is 5.91 Å². The minimum Gasteiger partial charge on any atom is -0.469 e. The number of hydrogen-bond donors (Lipinski definition) is 2. The van der Waals surface area contributed by atoms with Crippen LogP contribution in [0.15, 0.2) is 88.9 Å². The van der Waals surface area contributed by atoms with Crippen molar-refractivity contribution in [2.24, 2.45) is 5.16 Å². The highest BCUT2D eigenvalue weighted by Crippen LogP contribution is 2.34. The largest absolute Gasteiger partial charge is 0.469 e. The highest BCUT2D eigenvalue weighted by Gasteiger charge is 2.22. The number of carbonyl (C=O) groups excluding carboxylic acids is 4. The number of halogens is 1. The summed E-state index contributed by atoms with van der Waals surface area (Å²) in [5.41, 5.74) is 5.50. The van der Waals surface area contributed by atoms with Crippen molar-refractivity contribution in [2.75, 3.05) is 19.5 Å². The van der Waals surface area contributed by atoms with E-state index in [-0.39, 0.29) is 12.0 Å². The number of aromatic amines is 1. The molecule has 11 nitrogen and oxygen atoms in total. The third kappa shape index (κ3) is 9.32. The molecule has 2 N–H and O–H groups in total. The number of benzene rings is 3. The van der Waals surface area contributed by atoms with Crippen molar-refractivity contribution in [3.05, 3.63) is 123 Å². The van der Waals surface area contributed by atoms with Crippen LogP contribution in [0.5, 0.6) is 0 Å². The molecule has 1 amide bonds. The second-order valence-corrected chi connectivity index (χ2v) is 10.9. The van der Waals surface area contributed by atoms with Gasteiger partial charge in [-0.1, -0.05) is 47.6 Å². The Bertz CT molecular complexity index is 1900. The van der Waals surface area contributed by atoms with Crippen LogP contribution in [0.1, 0.15) is 53.0 Å². The van der Waals surface area contributed by atoms with E-state index in [1.807, 2.05) is 36.4 Å². The third-order valence-electron chi connectivity index (χ3n) is 7.55. The number of oxime groups is 1. The lowest BCUT2D eigenvalue weighted by molar-refractivity contribution is -0.153. The van der Waals surface area contributed by atoms with Crippen LogP contribution in [0.4, 0.5) is 10.1 Å². The van der Waals surface area contributed by atoms with Gasteiger partial charge in [-0.15, -0.1) is 0 Å². The quantitative estimate of drug-likeness (QED) is 0.0683. The average molecular weight is 656 g/mol. The molecular formula is C36H34FN3O8. The summed E-state index contributed by atoms with van der Waals surface area (Å²) < 4.78 is 23.2. The number of aryl methyl sites for hydroxylation is 2. The summed E-state index contributed by atoms with van der Waals surface area (Å²) in [5, 5.41) is 6.77. The standard InChI is InChI=1S/C36H34FN3O8/c1-21-16-27(37)11-14-29(21)30(17-31(26-15-22(2)36(45)38-20-26)40-48-35(44)19-34(43)47-4)25-7-5-23(6-8-25)24-9-12-28(13-10-24)39-32(41)18-33(42)46-3/h5-16,20,30H,17-19H2,1-4H3,(H,38,45)(H,39,41)/b40-31+. The molecule has 0 saturated carbocycles. The molecule has 0 radical (unpaired) electrons. The second-order valence-electron chi connectivity index (χ2n) is 10.9. The Hall–Kier alpha value is -5.91. The summed E-state index contributed by atoms with van der Waals surface area (Å²) in [6.45, 7) is 3.43. The van der Waals surface area contributed by atoms with Gasteiger partial charge >= 0.3 is 17.9 Å². The van der Waals surface area contributed by atoms with Gasteiger partial charge in [0.15, 0.2) is 0 Å². The number of pyridine rings is 1. The van der Waals surface area contributed by atoms with Crippen LogP contribution in [-0.4, -0.2) is 48.7 Å². The fraction of sp³-hybridized carbons (Fsp3) is 0.222. The molecule has 4 rings (SSSR count). The van der Waals surface area contributed by atoms with Gasteiger partial charge < -0.3 is 24.6 Å². The summed E-state index contributed by atoms with van der Waals surface area (Å²) in [4.78, 5) is 67.2. The summed E-state index contributed by atoms with van der Waals surface area (Å²) in [6, 6.07) is 20.9. The Kier molecular flexibility index (Phi) is 11.7. The van der Waals surface area contributed by atoms with Crippen molar-refractivity contribution in [2.45, 2.75) is 39.0 Å². The first-order valence-electron chi connectivity index (χ1n) is 14.8. The number of aromatic nitrogens is 1. The van der Waals surface area contributed by atoms with Crippen LogP contribution in [-0.2, 0) is 33.5 Å². The lowest BCUT2D eigenvalue weighted by Crippen LogP contribution is -2.17. The van der Waals surface area contributed by atoms with Crippen molar-refractivity contribution < 1.29 is 37.9 Å². The Morgan fingerprint density at radius 3 is 2.04 bits per heavy atom. The maximum absolute atomic E-state index is 14.2. The van der Waals surface area contributed by atoms with Gasteiger partial charge in [0.25, 0.3) is 5.56 Å². The van der Waals surface area contributed by atoms with Gasteiger partial charge in [0.1, 0.15) is 18.7 Å². The first kappa shape index (κ1) is 35.0. The molecular weight excluding hydrogens is 621 g/mol. The van der Waals surface area contributed by atoms with E-state index in [4.69, 9.17) is 4.84 Å². The maximum Gasteiger partial charge on any atom is 0.346 e. The van der Waals surface area contributed by atoms with E-state index in [1.165, 1.54) is 25.4 Å². The lowest BCUT2D eigenvalue weighted by Gasteiger charge is -2.22. The van der Waals surface area contributed by atoms with Crippen LogP contribution in [0.25, 0.3) is 11.1 Å². The first-order chi connectivity index (χ1) is 23.0. The molecule has 0 fully saturated rings. The predicted molar refractivity (Wildman–Crippen MR) is 176 cm³/mol. The zero-order valence-corrected chi connectivity index (χ0v) is 26.8. The van der Waals surface area contributed by atoms with E-state index in [0.717, 1.165) is 29.4 Å². The first-order valence-corrected chi connectivity index (χ1v) is 14.8. The molecule has 0 aliphatic carbocycles. The number of methoxy groups -OCH3 is 2. The number of amides is 1. The number of anilines is 1. The van der Waals surface area contributed by atoms with Crippen LogP contribution in [0.2, 0.25) is 0 Å². The zero-order valence-electron chi connectivity index (χ0n) is 26.8. The van der Waals surface area contributed by atoms with E-state index >= 15 is 0 Å². The van der Waals surface area contributed by atoms with Crippen molar-refractivity contribution in [3.63, 3.8) is 0 Å². The second kappa shape index (κ2) is 16.1. The molecule has 0 bridgehead atoms. The zero-order chi connectivity index (χ0) is 34.8. The Balaban J connectivity index is 1.67. The van der Waals surface area contributed by atoms with E-state index in [2.05, 4.69) is 24.9 Å². The molecule has 1 heterocycles. The monoisotopic (exact) mass is 655 g/mol. The van der Waals surface area contributed by atoms with Gasteiger partial charge in [-0.3, -0.25) is 19.2 Å². The minimum absolute atomic E-state index is 0.169. The topological polar surface area (TPSA) is 153 Å². The van der Waals surface area contributed by atoms with Crippen LogP contribution in [0, 0.1) is 19.7 Å². The fourth-order valence-electron chi connectivity index (χ4n) is 4.99. The smallest absolute Gasteiger partial charge is 0.346 e. The molecule has 0 aliphatic heterocycles. The highest BCUT2D eigenvalue weighted by atomic mass is 19.1. The maximum atomic E-state index is 14.2. The molecule has 248 valence electrons. The molecule has 1 atom stereocenters. The third-order valence-corrected chi connectivity index (χ3v) is 7.55. The van der Waals surface area contributed by atoms with Crippen LogP contribution in [0.3, 0.4) is 0 Å². The van der Waals surface area contributed by atoms with Crippen molar-refractivity contribution in [1.82, 2.24) is 4.98 Å². The number of rotatable bonds is 12. The number of nitrogens with one attached hydrogen (secondary N) is 2. The molecule has 0 aliphatic rings. The van der Waals surface area contributed by atoms with E-state index in [1.54, 1.807) is 38.1 Å². The summed E-state index contributed by atoms with van der Waals surface area (Å²) in [7, 11) is 2.36. The predicted octanol–water partition coefficient (Wildman–Crippen LogP) is 5.33. The normalized spacial score (nSPS) is 11.7. The summed E-state index contributed by atoms with van der Waals surface area (Å²) in [6.07, 6.45) is 0.601. The minimum atomic E-state index is -0.923. The van der Waals surface area contributed by atoms with E-state index in [0.29, 0.717) is 28.1 Å². The van der Waals surface area contributed by atoms with Gasteiger partial charge in [0, 0.05) is 35.3 Å². The molecule has 3 aromatic carbocycles. The van der Waals surface area contributed by atoms with Crippen LogP contribution >= 0.6 is 0 Å². The average Bonchev–Trinajstić information content (AvgIpc) is 3.07. The fourth-order valence-corrected chi connectivity index (χ4v) is 4.99. The number of H-pyrrole nitrogens is 1. The molecule has 12 heteroatoms. The van der Waals surface area contributed by atoms with Gasteiger partial charge in [-0.05, 0) is 72.0 Å². The number of carbonyl (C=O) groups is 4. The molecule has 0 spiro atoms. The van der Waals surface area contributed by atoms with Gasteiger partial charge in [-0.2, -0.15) is 0 Å². The number of ether oxygens (including phenoxy) is 2. The molecule has 1 aromatic heterocycles. The summed E-state index contributed by atoms with van der Waals surface area (Å²) in [5.74, 6) is -3.62. The van der Waals surface area contributed by atoms with Gasteiger partial charge in [0.05, 0.1) is 19.9 Å². The van der Waals surface area contributed by atoms with Crippen molar-refractivity contribution >= 4 is 35.2 Å². The number of hydrogen-bond acceptors (Lipinski definition) is 9. The van der Waals surface area contributed by atoms with Crippen LogP contribution < -0.4 is 10.9 Å². The SMILES string of the molecule is COC(=O)CC(=O)Nc1ccc(-c2ccc(C(C/C(=N\OC(=O)CC(=O)OC)c3c[nH]c(=O)c(C)c3)c3ccc(F)cc3C)cc2)cc1. The Morgan fingerprint density at radius 1 is 0.812 bits per heavy atom. The van der Waals surface area contributed by atoms with Crippen molar-refractivity contribution in [1.29, 1.82) is 0 Å². The summed E-state index contributed by atoms with van der Waals surface area (Å²) >= 11 is 0. The lowest BCUT2D eigenvalue weighted by atomic mass is 9.83.